The molecule has 2 nitrogen and oxygen atoms in total. The fourth-order valence-electron chi connectivity index (χ4n) is 5.69. The number of hydrogen-bond donors (Lipinski definition) is 2. The summed E-state index contributed by atoms with van der Waals surface area (Å²) in [6, 6.07) is 39.1. The average molecular weight is 487 g/mol. The van der Waals surface area contributed by atoms with Crippen molar-refractivity contribution in [2.75, 3.05) is 0 Å². The van der Waals surface area contributed by atoms with E-state index in [2.05, 4.69) is 23.7 Å². The minimum Gasteiger partial charge on any atom is -0.369 e. The Labute approximate surface area is 221 Å². The molecule has 0 amide bonds. The third kappa shape index (κ3) is 3.26. The largest absolute Gasteiger partial charge is 0.369 e. The predicted octanol–water partition coefficient (Wildman–Crippen LogP) is 6.22. The maximum Gasteiger partial charge on any atom is 0.178 e. The molecule has 0 fully saturated rings. The summed E-state index contributed by atoms with van der Waals surface area (Å²) in [6.45, 7) is 0. The molecule has 0 heterocycles. The molecule has 5 aromatic carbocycles. The monoisotopic (exact) mass is 486 g/mol. The number of aliphatic hydroxyl groups is 2. The van der Waals surface area contributed by atoms with E-state index < -0.39 is 11.2 Å². The van der Waals surface area contributed by atoms with Crippen molar-refractivity contribution in [3.05, 3.63) is 155 Å². The van der Waals surface area contributed by atoms with Gasteiger partial charge in [-0.1, -0.05) is 127 Å². The van der Waals surface area contributed by atoms with Crippen molar-refractivity contribution in [2.24, 2.45) is 0 Å². The number of fused-ring (bicyclic) bond motifs is 6. The molecule has 2 N–H and O–H groups in total. The maximum atomic E-state index is 11.8. The van der Waals surface area contributed by atoms with Gasteiger partial charge in [0, 0.05) is 33.4 Å². The minimum atomic E-state index is -1.39. The van der Waals surface area contributed by atoms with Gasteiger partial charge in [0.05, 0.1) is 0 Å². The van der Waals surface area contributed by atoms with Crippen molar-refractivity contribution >= 4 is 0 Å². The normalized spacial score (nSPS) is 14.6. The molecule has 2 aliphatic carbocycles. The van der Waals surface area contributed by atoms with Gasteiger partial charge in [0.15, 0.2) is 11.2 Å². The highest BCUT2D eigenvalue weighted by atomic mass is 16.3. The van der Waals surface area contributed by atoms with Gasteiger partial charge in [-0.25, -0.2) is 0 Å². The fraction of sp³-hybridized carbons (Fsp3) is 0.0556. The molecule has 178 valence electrons. The van der Waals surface area contributed by atoms with Crippen LogP contribution in [0, 0.1) is 23.7 Å². The van der Waals surface area contributed by atoms with Crippen molar-refractivity contribution in [2.45, 2.75) is 11.2 Å². The zero-order valence-electron chi connectivity index (χ0n) is 20.4. The van der Waals surface area contributed by atoms with Crippen LogP contribution in [0.1, 0.15) is 33.4 Å². The van der Waals surface area contributed by atoms with E-state index >= 15 is 0 Å². The first-order valence-corrected chi connectivity index (χ1v) is 12.6. The van der Waals surface area contributed by atoms with Crippen LogP contribution in [-0.2, 0) is 11.2 Å². The van der Waals surface area contributed by atoms with Crippen LogP contribution < -0.4 is 0 Å². The molecule has 0 radical (unpaired) electrons. The number of hydrogen-bond acceptors (Lipinski definition) is 2. The highest BCUT2D eigenvalue weighted by Crippen LogP contribution is 2.48. The molecule has 0 atom stereocenters. The summed E-state index contributed by atoms with van der Waals surface area (Å²) in [7, 11) is 0. The van der Waals surface area contributed by atoms with Gasteiger partial charge in [0.25, 0.3) is 0 Å². The molecular weight excluding hydrogens is 464 g/mol. The first-order valence-electron chi connectivity index (χ1n) is 12.6. The second-order valence-electron chi connectivity index (χ2n) is 9.68. The van der Waals surface area contributed by atoms with E-state index in [1.807, 2.05) is 121 Å². The van der Waals surface area contributed by atoms with E-state index in [9.17, 15) is 10.2 Å². The van der Waals surface area contributed by atoms with E-state index in [4.69, 9.17) is 0 Å². The zero-order valence-corrected chi connectivity index (χ0v) is 20.4. The number of rotatable bonds is 0. The lowest BCUT2D eigenvalue weighted by atomic mass is 9.91. The second-order valence-corrected chi connectivity index (χ2v) is 9.68. The summed E-state index contributed by atoms with van der Waals surface area (Å²) in [5, 5.41) is 23.5. The van der Waals surface area contributed by atoms with E-state index in [1.165, 1.54) is 0 Å². The standard InChI is InChI=1S/C36H22O2/c37-35(31-16-5-1-12-27(31)28-13-2-6-17-32(28)35)22-20-25-10-9-11-26(24-25)21-23-36(38)33-18-7-3-14-29(33)30-15-4-8-19-34(30)36/h1-19,24,37-38H. The first kappa shape index (κ1) is 22.3. The van der Waals surface area contributed by atoms with Gasteiger partial charge in [-0.2, -0.15) is 0 Å². The molecule has 5 aromatic rings. The Morgan fingerprint density at radius 1 is 0.395 bits per heavy atom. The van der Waals surface area contributed by atoms with E-state index in [-0.39, 0.29) is 0 Å². The minimum absolute atomic E-state index is 0.742. The predicted molar refractivity (Wildman–Crippen MR) is 150 cm³/mol. The molecular formula is C36H22O2. The van der Waals surface area contributed by atoms with Crippen LogP contribution in [0.5, 0.6) is 0 Å². The van der Waals surface area contributed by atoms with Crippen LogP contribution in [0.4, 0.5) is 0 Å². The van der Waals surface area contributed by atoms with Gasteiger partial charge in [0.2, 0.25) is 0 Å². The zero-order chi connectivity index (χ0) is 25.7. The summed E-state index contributed by atoms with van der Waals surface area (Å²) in [5.74, 6) is 12.7. The van der Waals surface area contributed by atoms with Crippen LogP contribution in [0.25, 0.3) is 22.3 Å². The summed E-state index contributed by atoms with van der Waals surface area (Å²) in [4.78, 5) is 0. The average Bonchev–Trinajstić information content (AvgIpc) is 3.39. The summed E-state index contributed by atoms with van der Waals surface area (Å²) >= 11 is 0. The first-order chi connectivity index (χ1) is 18.6. The Morgan fingerprint density at radius 2 is 0.711 bits per heavy atom. The van der Waals surface area contributed by atoms with Crippen molar-refractivity contribution in [3.8, 4) is 45.9 Å². The fourth-order valence-corrected chi connectivity index (χ4v) is 5.69. The molecule has 0 bridgehead atoms. The molecule has 0 aliphatic heterocycles. The molecule has 0 saturated carbocycles. The van der Waals surface area contributed by atoms with Gasteiger partial charge in [-0.3, -0.25) is 0 Å². The van der Waals surface area contributed by atoms with Crippen molar-refractivity contribution in [3.63, 3.8) is 0 Å². The maximum absolute atomic E-state index is 11.8. The Hall–Kier alpha value is -4.86. The van der Waals surface area contributed by atoms with Crippen molar-refractivity contribution in [1.29, 1.82) is 0 Å². The van der Waals surface area contributed by atoms with E-state index in [1.54, 1.807) is 0 Å². The molecule has 2 aliphatic rings. The Balaban J connectivity index is 1.27. The molecule has 7 rings (SSSR count). The lowest BCUT2D eigenvalue weighted by Gasteiger charge is -2.19. The molecule has 2 heteroatoms. The third-order valence-electron chi connectivity index (χ3n) is 7.49. The van der Waals surface area contributed by atoms with Crippen LogP contribution in [0.2, 0.25) is 0 Å². The summed E-state index contributed by atoms with van der Waals surface area (Å²) < 4.78 is 0. The lowest BCUT2D eigenvalue weighted by Crippen LogP contribution is -2.22. The topological polar surface area (TPSA) is 40.5 Å². The van der Waals surface area contributed by atoms with Gasteiger partial charge < -0.3 is 10.2 Å². The highest BCUT2D eigenvalue weighted by molar-refractivity contribution is 5.83. The molecule has 0 aromatic heterocycles. The lowest BCUT2D eigenvalue weighted by molar-refractivity contribution is 0.150. The van der Waals surface area contributed by atoms with Gasteiger partial charge in [-0.05, 0) is 40.5 Å². The van der Waals surface area contributed by atoms with Crippen molar-refractivity contribution < 1.29 is 10.2 Å². The van der Waals surface area contributed by atoms with Gasteiger partial charge in [-0.15, -0.1) is 0 Å². The Bertz CT molecular complexity index is 1650. The quantitative estimate of drug-likeness (QED) is 0.255. The Morgan fingerprint density at radius 3 is 1.05 bits per heavy atom. The van der Waals surface area contributed by atoms with Crippen LogP contribution >= 0.6 is 0 Å². The summed E-state index contributed by atoms with van der Waals surface area (Å²) in [6.07, 6.45) is 0. The highest BCUT2D eigenvalue weighted by Gasteiger charge is 2.41. The van der Waals surface area contributed by atoms with E-state index in [0.29, 0.717) is 0 Å². The SMILES string of the molecule is OC1(C#Cc2cccc(C#CC3(O)c4ccccc4-c4ccccc43)c2)c2ccccc2-c2ccccc21. The van der Waals surface area contributed by atoms with Crippen LogP contribution in [0.3, 0.4) is 0 Å². The van der Waals surface area contributed by atoms with E-state index in [0.717, 1.165) is 55.6 Å². The molecule has 0 unspecified atom stereocenters. The van der Waals surface area contributed by atoms with Gasteiger partial charge in [0.1, 0.15) is 0 Å². The smallest absolute Gasteiger partial charge is 0.178 e. The van der Waals surface area contributed by atoms with Crippen molar-refractivity contribution in [1.82, 2.24) is 0 Å². The van der Waals surface area contributed by atoms with Crippen LogP contribution in [0.15, 0.2) is 121 Å². The van der Waals surface area contributed by atoms with Crippen LogP contribution in [-0.4, -0.2) is 10.2 Å². The number of benzene rings is 5. The molecule has 38 heavy (non-hydrogen) atoms. The second kappa shape index (κ2) is 8.34. The molecule has 0 spiro atoms. The Kier molecular flexibility index (Phi) is 4.90. The molecule has 0 saturated heterocycles. The van der Waals surface area contributed by atoms with Gasteiger partial charge >= 0.3 is 0 Å². The summed E-state index contributed by atoms with van der Waals surface area (Å²) in [5.41, 5.74) is 5.91. The third-order valence-corrected chi connectivity index (χ3v) is 7.49.